The largest absolute Gasteiger partial charge is 0.274 e. The summed E-state index contributed by atoms with van der Waals surface area (Å²) in [5.41, 5.74) is 0. The molecule has 1 aliphatic carbocycles. The maximum absolute atomic E-state index is 12.2. The van der Waals surface area contributed by atoms with Crippen molar-refractivity contribution >= 4 is 9.84 Å². The summed E-state index contributed by atoms with van der Waals surface area (Å²) in [6, 6.07) is 0. The Balaban J connectivity index is 2.31. The Bertz CT molecular complexity index is 488. The van der Waals surface area contributed by atoms with Crippen molar-refractivity contribution in [3.63, 3.8) is 0 Å². The fourth-order valence-corrected chi connectivity index (χ4v) is 3.57. The summed E-state index contributed by atoms with van der Waals surface area (Å²) in [7, 11) is -1.51. The molecule has 0 fully saturated rings. The molecule has 1 aliphatic rings. The Morgan fingerprint density at radius 3 is 2.94 bits per heavy atom. The number of nitrogens with zero attached hydrogens (tertiary/aromatic N) is 2. The number of rotatable bonds is 2. The molecule has 1 aromatic heterocycles. The van der Waals surface area contributed by atoms with Gasteiger partial charge in [0.05, 0.1) is 11.4 Å². The first kappa shape index (κ1) is 11.4. The molecule has 0 N–H and O–H groups in total. The quantitative estimate of drug-likeness (QED) is 0.739. The molecule has 0 aromatic carbocycles. The predicted molar refractivity (Wildman–Crippen MR) is 61.8 cm³/mol. The van der Waals surface area contributed by atoms with Gasteiger partial charge in [0.25, 0.3) is 0 Å². The number of hydrogen-bond donors (Lipinski definition) is 0. The van der Waals surface area contributed by atoms with E-state index in [0.29, 0.717) is 11.3 Å². The second-order valence-electron chi connectivity index (χ2n) is 4.15. The van der Waals surface area contributed by atoms with Gasteiger partial charge in [0.1, 0.15) is 4.90 Å². The number of aryl methyl sites for hydroxylation is 1. The van der Waals surface area contributed by atoms with E-state index in [1.807, 2.05) is 12.2 Å². The highest BCUT2D eigenvalue weighted by Crippen LogP contribution is 2.23. The molecule has 5 heteroatoms. The van der Waals surface area contributed by atoms with Gasteiger partial charge >= 0.3 is 0 Å². The number of sulfone groups is 1. The monoisotopic (exact) mass is 240 g/mol. The van der Waals surface area contributed by atoms with Crippen LogP contribution in [0.25, 0.3) is 0 Å². The molecule has 0 radical (unpaired) electrons. The first-order valence-corrected chi connectivity index (χ1v) is 7.04. The van der Waals surface area contributed by atoms with E-state index in [2.05, 4.69) is 5.10 Å². The van der Waals surface area contributed by atoms with Crippen LogP contribution in [0, 0.1) is 0 Å². The number of allylic oxidation sites excluding steroid dienone is 1. The van der Waals surface area contributed by atoms with Crippen molar-refractivity contribution in [2.75, 3.05) is 0 Å². The van der Waals surface area contributed by atoms with Gasteiger partial charge in [-0.15, -0.1) is 0 Å². The minimum atomic E-state index is -3.23. The second-order valence-corrected chi connectivity index (χ2v) is 6.31. The third-order valence-corrected chi connectivity index (χ3v) is 4.93. The van der Waals surface area contributed by atoms with Gasteiger partial charge in [-0.3, -0.25) is 4.68 Å². The number of hydrogen-bond acceptors (Lipinski definition) is 3. The highest BCUT2D eigenvalue weighted by atomic mass is 32.2. The minimum absolute atomic E-state index is 0.326. The van der Waals surface area contributed by atoms with Crippen LogP contribution in [0.15, 0.2) is 29.4 Å². The molecule has 0 saturated heterocycles. The first-order valence-electron chi connectivity index (χ1n) is 5.50. The molecule has 0 aliphatic heterocycles. The smallest absolute Gasteiger partial charge is 0.187 e. The average Bonchev–Trinajstić information content (AvgIpc) is 2.54. The molecule has 4 nitrogen and oxygen atoms in total. The van der Waals surface area contributed by atoms with Crippen molar-refractivity contribution in [1.82, 2.24) is 9.78 Å². The zero-order valence-corrected chi connectivity index (χ0v) is 10.2. The summed E-state index contributed by atoms with van der Waals surface area (Å²) in [4.78, 5) is 0.326. The molecular weight excluding hydrogens is 224 g/mol. The van der Waals surface area contributed by atoms with E-state index in [9.17, 15) is 8.42 Å². The molecule has 0 spiro atoms. The summed E-state index contributed by atoms with van der Waals surface area (Å²) >= 11 is 0. The van der Waals surface area contributed by atoms with Crippen molar-refractivity contribution in [3.05, 3.63) is 24.5 Å². The van der Waals surface area contributed by atoms with Crippen molar-refractivity contribution < 1.29 is 8.42 Å². The second kappa shape index (κ2) is 4.41. The Morgan fingerprint density at radius 1 is 1.44 bits per heavy atom. The van der Waals surface area contributed by atoms with Gasteiger partial charge in [-0.2, -0.15) is 5.10 Å². The molecule has 0 amide bonds. The van der Waals surface area contributed by atoms with Gasteiger partial charge in [0.2, 0.25) is 0 Å². The van der Waals surface area contributed by atoms with Crippen LogP contribution in [-0.4, -0.2) is 23.4 Å². The van der Waals surface area contributed by atoms with Crippen molar-refractivity contribution in [1.29, 1.82) is 0 Å². The molecule has 0 saturated carbocycles. The first-order chi connectivity index (χ1) is 7.60. The zero-order chi connectivity index (χ0) is 11.6. The Morgan fingerprint density at radius 2 is 2.25 bits per heavy atom. The lowest BCUT2D eigenvalue weighted by Gasteiger charge is -2.10. The maximum Gasteiger partial charge on any atom is 0.187 e. The fraction of sp³-hybridized carbons (Fsp3) is 0.545. The summed E-state index contributed by atoms with van der Waals surface area (Å²) < 4.78 is 26.0. The van der Waals surface area contributed by atoms with E-state index < -0.39 is 9.84 Å². The molecular formula is C11H16N2O2S. The van der Waals surface area contributed by atoms with Gasteiger partial charge in [0, 0.05) is 13.2 Å². The van der Waals surface area contributed by atoms with E-state index in [4.69, 9.17) is 0 Å². The topological polar surface area (TPSA) is 52.0 Å². The van der Waals surface area contributed by atoms with Crippen LogP contribution in [0.2, 0.25) is 0 Å². The Hall–Kier alpha value is -1.10. The third kappa shape index (κ3) is 2.19. The molecule has 1 unspecified atom stereocenters. The van der Waals surface area contributed by atoms with Crippen molar-refractivity contribution in [2.45, 2.75) is 35.8 Å². The fourth-order valence-electron chi connectivity index (χ4n) is 1.93. The van der Waals surface area contributed by atoms with Crippen LogP contribution in [0.1, 0.15) is 25.7 Å². The van der Waals surface area contributed by atoms with Gasteiger partial charge in [-0.1, -0.05) is 18.6 Å². The number of aromatic nitrogens is 2. The summed E-state index contributed by atoms with van der Waals surface area (Å²) in [5.74, 6) is 0. The average molecular weight is 240 g/mol. The Labute approximate surface area is 95.9 Å². The summed E-state index contributed by atoms with van der Waals surface area (Å²) in [6.07, 6.45) is 10.5. The van der Waals surface area contributed by atoms with Crippen LogP contribution in [0.5, 0.6) is 0 Å². The van der Waals surface area contributed by atoms with E-state index in [1.54, 1.807) is 13.2 Å². The van der Waals surface area contributed by atoms with Gasteiger partial charge in [0.15, 0.2) is 9.84 Å². The van der Waals surface area contributed by atoms with Crippen molar-refractivity contribution in [2.24, 2.45) is 7.05 Å². The highest BCUT2D eigenvalue weighted by Gasteiger charge is 2.26. The summed E-state index contributed by atoms with van der Waals surface area (Å²) in [6.45, 7) is 0. The van der Waals surface area contributed by atoms with Gasteiger partial charge in [-0.05, 0) is 19.3 Å². The molecule has 1 aromatic rings. The van der Waals surface area contributed by atoms with E-state index in [1.165, 1.54) is 10.9 Å². The van der Waals surface area contributed by atoms with E-state index >= 15 is 0 Å². The van der Waals surface area contributed by atoms with E-state index in [0.717, 1.165) is 19.3 Å². The van der Waals surface area contributed by atoms with Crippen LogP contribution in [-0.2, 0) is 16.9 Å². The van der Waals surface area contributed by atoms with Crippen LogP contribution >= 0.6 is 0 Å². The molecule has 1 atom stereocenters. The zero-order valence-electron chi connectivity index (χ0n) is 9.33. The SMILES string of the molecule is Cn1cc(S(=O)(=O)C2C=CCCCC2)cn1. The van der Waals surface area contributed by atoms with Crippen molar-refractivity contribution in [3.8, 4) is 0 Å². The van der Waals surface area contributed by atoms with Crippen LogP contribution in [0.3, 0.4) is 0 Å². The van der Waals surface area contributed by atoms with Gasteiger partial charge < -0.3 is 0 Å². The molecule has 16 heavy (non-hydrogen) atoms. The maximum atomic E-state index is 12.2. The highest BCUT2D eigenvalue weighted by molar-refractivity contribution is 7.92. The molecule has 1 heterocycles. The summed E-state index contributed by atoms with van der Waals surface area (Å²) in [5, 5.41) is 3.54. The normalized spacial score (nSPS) is 21.9. The minimum Gasteiger partial charge on any atom is -0.274 e. The standard InChI is InChI=1S/C11H16N2O2S/c1-13-9-11(8-12-13)16(14,15)10-6-4-2-3-5-7-10/h4,6,8-10H,2-3,5,7H2,1H3. The van der Waals surface area contributed by atoms with Crippen LogP contribution < -0.4 is 0 Å². The predicted octanol–water partition coefficient (Wildman–Crippen LogP) is 1.69. The Kier molecular flexibility index (Phi) is 3.14. The van der Waals surface area contributed by atoms with Gasteiger partial charge in [-0.25, -0.2) is 8.42 Å². The van der Waals surface area contributed by atoms with Crippen LogP contribution in [0.4, 0.5) is 0 Å². The lowest BCUT2D eigenvalue weighted by Crippen LogP contribution is -2.18. The molecule has 2 rings (SSSR count). The molecule has 0 bridgehead atoms. The lowest BCUT2D eigenvalue weighted by atomic mass is 10.2. The molecule has 88 valence electrons. The third-order valence-electron chi connectivity index (χ3n) is 2.87. The lowest BCUT2D eigenvalue weighted by molar-refractivity contribution is 0.580. The van der Waals surface area contributed by atoms with E-state index in [-0.39, 0.29) is 5.25 Å².